The molecule has 0 bridgehead atoms. The monoisotopic (exact) mass is 461 g/mol. The minimum absolute atomic E-state index is 0.144. The molecule has 6 nitrogen and oxygen atoms in total. The number of benzene rings is 3. The van der Waals surface area contributed by atoms with Crippen molar-refractivity contribution in [2.45, 2.75) is 13.0 Å². The molecule has 1 aromatic heterocycles. The SMILES string of the molecule is COc1ccc2[nH]c(=O)c(CN(CCc3ccccc3)C(=O)Nc3ccccc3Cl)cc2c1. The molecule has 168 valence electrons. The number of H-pyrrole nitrogens is 1. The van der Waals surface area contributed by atoms with Crippen LogP contribution in [0.1, 0.15) is 11.1 Å². The maximum absolute atomic E-state index is 13.2. The highest BCUT2D eigenvalue weighted by molar-refractivity contribution is 6.33. The van der Waals surface area contributed by atoms with E-state index in [0.717, 1.165) is 10.9 Å². The number of amides is 2. The lowest BCUT2D eigenvalue weighted by Crippen LogP contribution is -2.37. The molecule has 0 radical (unpaired) electrons. The van der Waals surface area contributed by atoms with Gasteiger partial charge in [-0.2, -0.15) is 0 Å². The van der Waals surface area contributed by atoms with Crippen LogP contribution in [0.3, 0.4) is 0 Å². The van der Waals surface area contributed by atoms with Crippen LogP contribution in [0.2, 0.25) is 5.02 Å². The second-order valence-corrected chi connectivity index (χ2v) is 8.05. The molecule has 2 N–H and O–H groups in total. The zero-order valence-electron chi connectivity index (χ0n) is 18.2. The molecule has 0 fully saturated rings. The van der Waals surface area contributed by atoms with E-state index in [2.05, 4.69) is 10.3 Å². The Morgan fingerprint density at radius 1 is 1.03 bits per heavy atom. The molecule has 0 aliphatic rings. The molecule has 0 atom stereocenters. The third-order valence-electron chi connectivity index (χ3n) is 5.41. The summed E-state index contributed by atoms with van der Waals surface area (Å²) in [5.74, 6) is 0.692. The van der Waals surface area contributed by atoms with Crippen LogP contribution in [-0.2, 0) is 13.0 Å². The highest BCUT2D eigenvalue weighted by Crippen LogP contribution is 2.22. The molecule has 4 rings (SSSR count). The second kappa shape index (κ2) is 10.2. The van der Waals surface area contributed by atoms with Crippen LogP contribution in [0.4, 0.5) is 10.5 Å². The number of anilines is 1. The number of urea groups is 1. The normalized spacial score (nSPS) is 10.7. The predicted octanol–water partition coefficient (Wildman–Crippen LogP) is 5.47. The molecule has 0 aliphatic carbocycles. The van der Waals surface area contributed by atoms with Gasteiger partial charge in [0.1, 0.15) is 5.75 Å². The van der Waals surface area contributed by atoms with Gasteiger partial charge in [-0.15, -0.1) is 0 Å². The molecule has 7 heteroatoms. The summed E-state index contributed by atoms with van der Waals surface area (Å²) < 4.78 is 5.30. The molecule has 0 aliphatic heterocycles. The van der Waals surface area contributed by atoms with E-state index in [0.29, 0.717) is 40.5 Å². The number of methoxy groups -OCH3 is 1. The average molecular weight is 462 g/mol. The summed E-state index contributed by atoms with van der Waals surface area (Å²) in [5, 5.41) is 4.15. The number of aromatic nitrogens is 1. The van der Waals surface area contributed by atoms with Crippen LogP contribution in [-0.4, -0.2) is 29.6 Å². The van der Waals surface area contributed by atoms with E-state index in [1.807, 2.05) is 36.4 Å². The Balaban J connectivity index is 1.62. The summed E-state index contributed by atoms with van der Waals surface area (Å²) in [4.78, 5) is 30.5. The molecule has 0 unspecified atom stereocenters. The van der Waals surface area contributed by atoms with Gasteiger partial charge in [0.25, 0.3) is 5.56 Å². The molecular formula is C26H24ClN3O3. The first-order valence-electron chi connectivity index (χ1n) is 10.6. The van der Waals surface area contributed by atoms with Gasteiger partial charge in [0.2, 0.25) is 0 Å². The summed E-state index contributed by atoms with van der Waals surface area (Å²) in [6.07, 6.45) is 0.649. The minimum atomic E-state index is -0.329. The van der Waals surface area contributed by atoms with Crippen LogP contribution in [0, 0.1) is 0 Å². The Bertz CT molecular complexity index is 1320. The average Bonchev–Trinajstić information content (AvgIpc) is 2.83. The number of nitrogens with one attached hydrogen (secondary N) is 2. The number of fused-ring (bicyclic) bond motifs is 1. The topological polar surface area (TPSA) is 74.4 Å². The van der Waals surface area contributed by atoms with Gasteiger partial charge in [-0.1, -0.05) is 54.1 Å². The summed E-state index contributed by atoms with van der Waals surface area (Å²) in [6, 6.07) is 23.9. The summed E-state index contributed by atoms with van der Waals surface area (Å²) in [5.41, 5.74) is 2.58. The van der Waals surface area contributed by atoms with E-state index < -0.39 is 0 Å². The number of rotatable bonds is 7. The van der Waals surface area contributed by atoms with E-state index in [1.165, 1.54) is 0 Å². The molecule has 3 aromatic carbocycles. The van der Waals surface area contributed by atoms with Gasteiger partial charge < -0.3 is 19.9 Å². The van der Waals surface area contributed by atoms with E-state index >= 15 is 0 Å². The molecule has 33 heavy (non-hydrogen) atoms. The lowest BCUT2D eigenvalue weighted by atomic mass is 10.1. The summed E-state index contributed by atoms with van der Waals surface area (Å²) >= 11 is 6.23. The van der Waals surface area contributed by atoms with E-state index in [9.17, 15) is 9.59 Å². The molecule has 0 saturated carbocycles. The highest BCUT2D eigenvalue weighted by atomic mass is 35.5. The first kappa shape index (κ1) is 22.4. The highest BCUT2D eigenvalue weighted by Gasteiger charge is 2.17. The largest absolute Gasteiger partial charge is 0.497 e. The van der Waals surface area contributed by atoms with Crippen molar-refractivity contribution in [1.82, 2.24) is 9.88 Å². The lowest BCUT2D eigenvalue weighted by Gasteiger charge is -2.23. The fraction of sp³-hybridized carbons (Fsp3) is 0.154. The number of halogens is 1. The number of carbonyl (C=O) groups excluding carboxylic acids is 1. The van der Waals surface area contributed by atoms with Gasteiger partial charge in [-0.3, -0.25) is 4.79 Å². The second-order valence-electron chi connectivity index (χ2n) is 7.64. The quantitative estimate of drug-likeness (QED) is 0.383. The fourth-order valence-corrected chi connectivity index (χ4v) is 3.78. The third-order valence-corrected chi connectivity index (χ3v) is 5.74. The minimum Gasteiger partial charge on any atom is -0.497 e. The lowest BCUT2D eigenvalue weighted by molar-refractivity contribution is 0.209. The molecule has 0 saturated heterocycles. The Kier molecular flexibility index (Phi) is 6.95. The third kappa shape index (κ3) is 5.54. The van der Waals surface area contributed by atoms with Gasteiger partial charge in [-0.25, -0.2) is 4.79 Å². The fourth-order valence-electron chi connectivity index (χ4n) is 3.60. The van der Waals surface area contributed by atoms with Crippen molar-refractivity contribution in [1.29, 1.82) is 0 Å². The summed E-state index contributed by atoms with van der Waals surface area (Å²) in [6.45, 7) is 0.571. The van der Waals surface area contributed by atoms with Gasteiger partial charge in [-0.05, 0) is 48.4 Å². The number of hydrogen-bond donors (Lipinski definition) is 2. The molecule has 0 spiro atoms. The van der Waals surface area contributed by atoms with E-state index in [1.54, 1.807) is 54.5 Å². The van der Waals surface area contributed by atoms with Crippen molar-refractivity contribution in [3.63, 3.8) is 0 Å². The van der Waals surface area contributed by atoms with Gasteiger partial charge in [0.15, 0.2) is 0 Å². The predicted molar refractivity (Wildman–Crippen MR) is 132 cm³/mol. The van der Waals surface area contributed by atoms with Crippen molar-refractivity contribution < 1.29 is 9.53 Å². The van der Waals surface area contributed by atoms with Crippen LogP contribution in [0.25, 0.3) is 10.9 Å². The number of para-hydroxylation sites is 1. The van der Waals surface area contributed by atoms with Crippen LogP contribution in [0.5, 0.6) is 5.75 Å². The van der Waals surface area contributed by atoms with Crippen LogP contribution in [0.15, 0.2) is 83.7 Å². The van der Waals surface area contributed by atoms with Crippen molar-refractivity contribution in [2.75, 3.05) is 19.0 Å². The van der Waals surface area contributed by atoms with Crippen molar-refractivity contribution in [3.8, 4) is 5.75 Å². The first-order valence-corrected chi connectivity index (χ1v) is 11.0. The number of carbonyl (C=O) groups is 1. The molecule has 1 heterocycles. The Hall–Kier alpha value is -3.77. The Morgan fingerprint density at radius 3 is 2.55 bits per heavy atom. The number of pyridine rings is 1. The standard InChI is InChI=1S/C26H24ClN3O3/c1-33-21-11-12-23-19(16-21)15-20(25(31)28-23)17-30(14-13-18-7-3-2-4-8-18)26(32)29-24-10-6-5-9-22(24)27/h2-12,15-16H,13-14,17H2,1H3,(H,28,31)(H,29,32). The van der Waals surface area contributed by atoms with E-state index in [4.69, 9.17) is 16.3 Å². The van der Waals surface area contributed by atoms with Crippen molar-refractivity contribution in [2.24, 2.45) is 0 Å². The maximum atomic E-state index is 13.2. The van der Waals surface area contributed by atoms with Gasteiger partial charge >= 0.3 is 6.03 Å². The number of ether oxygens (including phenoxy) is 1. The first-order chi connectivity index (χ1) is 16.0. The zero-order valence-corrected chi connectivity index (χ0v) is 18.9. The van der Waals surface area contributed by atoms with Crippen LogP contribution >= 0.6 is 11.6 Å². The number of hydrogen-bond acceptors (Lipinski definition) is 3. The maximum Gasteiger partial charge on any atom is 0.322 e. The zero-order chi connectivity index (χ0) is 23.2. The van der Waals surface area contributed by atoms with Gasteiger partial charge in [0.05, 0.1) is 24.4 Å². The Morgan fingerprint density at radius 2 is 1.79 bits per heavy atom. The van der Waals surface area contributed by atoms with Gasteiger partial charge in [0, 0.05) is 23.0 Å². The van der Waals surface area contributed by atoms with Crippen LogP contribution < -0.4 is 15.6 Å². The number of aromatic amines is 1. The smallest absolute Gasteiger partial charge is 0.322 e. The number of nitrogens with zero attached hydrogens (tertiary/aromatic N) is 1. The van der Waals surface area contributed by atoms with Crippen molar-refractivity contribution >= 4 is 34.2 Å². The molecule has 4 aromatic rings. The Labute approximate surface area is 196 Å². The molecule has 2 amide bonds. The van der Waals surface area contributed by atoms with Crippen molar-refractivity contribution in [3.05, 3.63) is 105 Å². The summed E-state index contributed by atoms with van der Waals surface area (Å²) in [7, 11) is 1.60. The van der Waals surface area contributed by atoms with E-state index in [-0.39, 0.29) is 18.1 Å². The molecular weight excluding hydrogens is 438 g/mol.